The molecule has 138 valence electrons. The number of nitrogens with one attached hydrogen (secondary N) is 2. The average molecular weight is 448 g/mol. The van der Waals surface area contributed by atoms with E-state index in [0.29, 0.717) is 17.1 Å². The number of nitrogens with zero attached hydrogens (tertiary/aromatic N) is 1. The van der Waals surface area contributed by atoms with E-state index in [2.05, 4.69) is 31.5 Å². The summed E-state index contributed by atoms with van der Waals surface area (Å²) in [5.41, 5.74) is 1.80. The summed E-state index contributed by atoms with van der Waals surface area (Å²) in [6, 6.07) is 12.6. The van der Waals surface area contributed by atoms with Gasteiger partial charge in [0.05, 0.1) is 5.69 Å². The highest BCUT2D eigenvalue weighted by Crippen LogP contribution is 2.18. The first-order valence-electron chi connectivity index (χ1n) is 8.06. The van der Waals surface area contributed by atoms with Gasteiger partial charge >= 0.3 is 0 Å². The van der Waals surface area contributed by atoms with Crippen molar-refractivity contribution in [3.63, 3.8) is 0 Å². The van der Waals surface area contributed by atoms with Crippen LogP contribution >= 0.6 is 27.3 Å². The SMILES string of the molecule is O=C(CCc1csc(NC(=O)c2ccc(F)cc2)n1)Nc1ccc(Br)cc1. The van der Waals surface area contributed by atoms with Crippen molar-refractivity contribution < 1.29 is 14.0 Å². The van der Waals surface area contributed by atoms with Gasteiger partial charge in [-0.25, -0.2) is 9.37 Å². The third kappa shape index (κ3) is 5.70. The van der Waals surface area contributed by atoms with Crippen LogP contribution in [0, 0.1) is 5.82 Å². The molecule has 27 heavy (non-hydrogen) atoms. The number of benzene rings is 2. The number of thiazole rings is 1. The Morgan fingerprint density at radius 3 is 2.44 bits per heavy atom. The molecular formula is C19H15BrFN3O2S. The van der Waals surface area contributed by atoms with E-state index in [-0.39, 0.29) is 18.2 Å². The quantitative estimate of drug-likeness (QED) is 0.566. The van der Waals surface area contributed by atoms with Crippen molar-refractivity contribution in [2.45, 2.75) is 12.8 Å². The van der Waals surface area contributed by atoms with Crippen LogP contribution in [0.4, 0.5) is 15.2 Å². The lowest BCUT2D eigenvalue weighted by atomic mass is 10.2. The van der Waals surface area contributed by atoms with Gasteiger partial charge in [0.25, 0.3) is 5.91 Å². The fourth-order valence-corrected chi connectivity index (χ4v) is 3.25. The molecule has 1 aromatic heterocycles. The summed E-state index contributed by atoms with van der Waals surface area (Å²) in [6.07, 6.45) is 0.746. The van der Waals surface area contributed by atoms with E-state index in [0.717, 1.165) is 15.9 Å². The third-order valence-electron chi connectivity index (χ3n) is 3.61. The number of anilines is 2. The van der Waals surface area contributed by atoms with Crippen LogP contribution in [0.5, 0.6) is 0 Å². The summed E-state index contributed by atoms with van der Waals surface area (Å²) in [7, 11) is 0. The lowest BCUT2D eigenvalue weighted by Crippen LogP contribution is -2.13. The van der Waals surface area contributed by atoms with Crippen molar-refractivity contribution in [2.75, 3.05) is 10.6 Å². The van der Waals surface area contributed by atoms with Crippen molar-refractivity contribution in [1.82, 2.24) is 4.98 Å². The zero-order chi connectivity index (χ0) is 19.2. The Labute approximate surface area is 167 Å². The van der Waals surface area contributed by atoms with Crippen molar-refractivity contribution in [1.29, 1.82) is 0 Å². The van der Waals surface area contributed by atoms with E-state index in [1.807, 2.05) is 24.3 Å². The van der Waals surface area contributed by atoms with E-state index in [1.165, 1.54) is 35.6 Å². The van der Waals surface area contributed by atoms with Crippen molar-refractivity contribution >= 4 is 49.9 Å². The summed E-state index contributed by atoms with van der Waals surface area (Å²) in [5.74, 6) is -0.865. The number of rotatable bonds is 6. The van der Waals surface area contributed by atoms with Crippen LogP contribution in [0.1, 0.15) is 22.5 Å². The molecule has 0 atom stereocenters. The third-order valence-corrected chi connectivity index (χ3v) is 4.95. The first-order valence-corrected chi connectivity index (χ1v) is 9.73. The number of aryl methyl sites for hydroxylation is 1. The van der Waals surface area contributed by atoms with Gasteiger partial charge in [0.2, 0.25) is 5.91 Å². The highest BCUT2D eigenvalue weighted by Gasteiger charge is 2.10. The van der Waals surface area contributed by atoms with Gasteiger partial charge in [0.15, 0.2) is 5.13 Å². The van der Waals surface area contributed by atoms with Crippen LogP contribution in [0.2, 0.25) is 0 Å². The number of carbonyl (C=O) groups excluding carboxylic acids is 2. The van der Waals surface area contributed by atoms with Crippen LogP contribution in [0.15, 0.2) is 58.4 Å². The molecule has 2 N–H and O–H groups in total. The second-order valence-corrected chi connectivity index (χ2v) is 7.43. The summed E-state index contributed by atoms with van der Waals surface area (Å²) in [5, 5.41) is 7.73. The lowest BCUT2D eigenvalue weighted by Gasteiger charge is -2.04. The van der Waals surface area contributed by atoms with Gasteiger partial charge < -0.3 is 5.32 Å². The molecule has 0 fully saturated rings. The van der Waals surface area contributed by atoms with E-state index < -0.39 is 5.82 Å². The van der Waals surface area contributed by atoms with E-state index in [9.17, 15) is 14.0 Å². The molecule has 3 rings (SSSR count). The summed E-state index contributed by atoms with van der Waals surface area (Å²) in [6.45, 7) is 0. The van der Waals surface area contributed by atoms with Gasteiger partial charge in [0.1, 0.15) is 5.82 Å². The van der Waals surface area contributed by atoms with Crippen molar-refractivity contribution in [3.8, 4) is 0 Å². The minimum Gasteiger partial charge on any atom is -0.326 e. The van der Waals surface area contributed by atoms with Gasteiger partial charge in [-0.05, 0) is 55.0 Å². The van der Waals surface area contributed by atoms with Gasteiger partial charge in [0, 0.05) is 27.5 Å². The Bertz CT molecular complexity index is 942. The molecular weight excluding hydrogens is 433 g/mol. The summed E-state index contributed by atoms with van der Waals surface area (Å²) < 4.78 is 13.9. The molecule has 0 saturated heterocycles. The van der Waals surface area contributed by atoms with Crippen LogP contribution in [0.3, 0.4) is 0 Å². The lowest BCUT2D eigenvalue weighted by molar-refractivity contribution is -0.116. The summed E-state index contributed by atoms with van der Waals surface area (Å²) in [4.78, 5) is 28.4. The molecule has 3 aromatic rings. The number of hydrogen-bond acceptors (Lipinski definition) is 4. The predicted molar refractivity (Wildman–Crippen MR) is 108 cm³/mol. The van der Waals surface area contributed by atoms with Crippen LogP contribution in [-0.4, -0.2) is 16.8 Å². The van der Waals surface area contributed by atoms with E-state index in [1.54, 1.807) is 5.38 Å². The number of hydrogen-bond donors (Lipinski definition) is 2. The maximum atomic E-state index is 12.9. The zero-order valence-corrected chi connectivity index (χ0v) is 16.4. The summed E-state index contributed by atoms with van der Waals surface area (Å²) >= 11 is 4.62. The molecule has 0 aliphatic heterocycles. The predicted octanol–water partition coefficient (Wildman–Crippen LogP) is 4.87. The Kier molecular flexibility index (Phi) is 6.31. The highest BCUT2D eigenvalue weighted by molar-refractivity contribution is 9.10. The first kappa shape index (κ1) is 19.2. The van der Waals surface area contributed by atoms with E-state index >= 15 is 0 Å². The second-order valence-electron chi connectivity index (χ2n) is 5.66. The standard InChI is InChI=1S/C19H15BrFN3O2S/c20-13-3-7-15(8-4-13)22-17(25)10-9-16-11-27-19(23-16)24-18(26)12-1-5-14(21)6-2-12/h1-8,11H,9-10H2,(H,22,25)(H,23,24,26). The van der Waals surface area contributed by atoms with Gasteiger partial charge in [-0.15, -0.1) is 11.3 Å². The molecule has 2 aromatic carbocycles. The van der Waals surface area contributed by atoms with Crippen LogP contribution in [0.25, 0.3) is 0 Å². The van der Waals surface area contributed by atoms with E-state index in [4.69, 9.17) is 0 Å². The average Bonchev–Trinajstić information content (AvgIpc) is 3.10. The molecule has 8 heteroatoms. The topological polar surface area (TPSA) is 71.1 Å². The minimum absolute atomic E-state index is 0.109. The molecule has 2 amide bonds. The first-order chi connectivity index (χ1) is 13.0. The maximum Gasteiger partial charge on any atom is 0.257 e. The number of carbonyl (C=O) groups is 2. The Morgan fingerprint density at radius 2 is 1.74 bits per heavy atom. The molecule has 1 heterocycles. The maximum absolute atomic E-state index is 12.9. The number of amides is 2. The van der Waals surface area contributed by atoms with Crippen LogP contribution < -0.4 is 10.6 Å². The number of halogens is 2. The van der Waals surface area contributed by atoms with Crippen LogP contribution in [-0.2, 0) is 11.2 Å². The highest BCUT2D eigenvalue weighted by atomic mass is 79.9. The van der Waals surface area contributed by atoms with Gasteiger partial charge in [-0.2, -0.15) is 0 Å². The molecule has 0 unspecified atom stereocenters. The van der Waals surface area contributed by atoms with Gasteiger partial charge in [-0.3, -0.25) is 14.9 Å². The molecule has 0 saturated carbocycles. The van der Waals surface area contributed by atoms with Crippen molar-refractivity contribution in [2.24, 2.45) is 0 Å². The zero-order valence-electron chi connectivity index (χ0n) is 14.0. The normalized spacial score (nSPS) is 10.4. The fraction of sp³-hybridized carbons (Fsp3) is 0.105. The Balaban J connectivity index is 1.50. The molecule has 0 bridgehead atoms. The molecule has 0 spiro atoms. The second kappa shape index (κ2) is 8.88. The molecule has 0 radical (unpaired) electrons. The largest absolute Gasteiger partial charge is 0.326 e. The number of aromatic nitrogens is 1. The fourth-order valence-electron chi connectivity index (χ4n) is 2.25. The monoisotopic (exact) mass is 447 g/mol. The Morgan fingerprint density at radius 1 is 1.04 bits per heavy atom. The van der Waals surface area contributed by atoms with Crippen molar-refractivity contribution in [3.05, 3.63) is 75.5 Å². The molecule has 0 aliphatic rings. The molecule has 0 aliphatic carbocycles. The Hall–Kier alpha value is -2.58. The van der Waals surface area contributed by atoms with Gasteiger partial charge in [-0.1, -0.05) is 15.9 Å². The smallest absolute Gasteiger partial charge is 0.257 e. The molecule has 5 nitrogen and oxygen atoms in total. The minimum atomic E-state index is -0.399.